The van der Waals surface area contributed by atoms with Crippen LogP contribution in [0.2, 0.25) is 0 Å². The number of hydrogen-bond acceptors (Lipinski definition) is 4. The third kappa shape index (κ3) is 5.15. The van der Waals surface area contributed by atoms with Gasteiger partial charge in [0, 0.05) is 13.1 Å². The third-order valence-electron chi connectivity index (χ3n) is 3.11. The molecule has 0 spiro atoms. The Morgan fingerprint density at radius 3 is 2.45 bits per heavy atom. The highest BCUT2D eigenvalue weighted by atomic mass is 35.5. The number of carbonyl (C=O) groups is 1. The zero-order valence-electron chi connectivity index (χ0n) is 11.5. The lowest BCUT2D eigenvalue weighted by Gasteiger charge is -2.27. The minimum atomic E-state index is -0.508. The molecule has 0 aliphatic carbocycles. The maximum absolute atomic E-state index is 11.4. The standard InChI is InChI=1S/C13H20N4O.2ClH/c1-10(14)13(18)16-11-5-6-12(15-9-11)17-7-3-2-4-8-17;;/h5-6,9-10H,2-4,7-8,14H2,1H3,(H,16,18);2*1H/t10-;;/m1../s1. The number of halogens is 2. The van der Waals surface area contributed by atoms with Crippen LogP contribution >= 0.6 is 24.8 Å². The van der Waals surface area contributed by atoms with Crippen molar-refractivity contribution >= 4 is 42.2 Å². The van der Waals surface area contributed by atoms with Crippen LogP contribution in [0.15, 0.2) is 18.3 Å². The van der Waals surface area contributed by atoms with E-state index in [9.17, 15) is 4.79 Å². The number of amides is 1. The zero-order valence-corrected chi connectivity index (χ0v) is 13.2. The van der Waals surface area contributed by atoms with Crippen molar-refractivity contribution in [3.63, 3.8) is 0 Å². The van der Waals surface area contributed by atoms with Gasteiger partial charge in [-0.25, -0.2) is 4.98 Å². The summed E-state index contributed by atoms with van der Waals surface area (Å²) in [4.78, 5) is 18.1. The summed E-state index contributed by atoms with van der Waals surface area (Å²) in [5.41, 5.74) is 6.18. The smallest absolute Gasteiger partial charge is 0.241 e. The van der Waals surface area contributed by atoms with Crippen LogP contribution in [0.4, 0.5) is 11.5 Å². The predicted molar refractivity (Wildman–Crippen MR) is 87.1 cm³/mol. The van der Waals surface area contributed by atoms with E-state index in [4.69, 9.17) is 5.73 Å². The van der Waals surface area contributed by atoms with Crippen LogP contribution in [0.3, 0.4) is 0 Å². The molecule has 1 fully saturated rings. The van der Waals surface area contributed by atoms with Gasteiger partial charge in [0.1, 0.15) is 5.82 Å². The number of pyridine rings is 1. The second-order valence-corrected chi connectivity index (χ2v) is 4.73. The number of aromatic nitrogens is 1. The molecule has 1 amide bonds. The lowest BCUT2D eigenvalue weighted by molar-refractivity contribution is -0.117. The first-order valence-corrected chi connectivity index (χ1v) is 6.44. The van der Waals surface area contributed by atoms with Crippen LogP contribution in [-0.2, 0) is 4.79 Å². The normalized spacial score (nSPS) is 15.6. The fraction of sp³-hybridized carbons (Fsp3) is 0.538. The van der Waals surface area contributed by atoms with Crippen molar-refractivity contribution in [2.75, 3.05) is 23.3 Å². The van der Waals surface area contributed by atoms with Crippen molar-refractivity contribution in [3.05, 3.63) is 18.3 Å². The first-order valence-electron chi connectivity index (χ1n) is 6.44. The molecular weight excluding hydrogens is 299 g/mol. The maximum atomic E-state index is 11.4. The number of anilines is 2. The molecule has 2 rings (SSSR count). The summed E-state index contributed by atoms with van der Waals surface area (Å²) in [6.45, 7) is 3.79. The van der Waals surface area contributed by atoms with Crippen LogP contribution in [0.1, 0.15) is 26.2 Å². The van der Waals surface area contributed by atoms with Crippen LogP contribution < -0.4 is 16.0 Å². The van der Waals surface area contributed by atoms with Gasteiger partial charge in [0.2, 0.25) is 5.91 Å². The van der Waals surface area contributed by atoms with Gasteiger partial charge in [-0.15, -0.1) is 24.8 Å². The minimum Gasteiger partial charge on any atom is -0.357 e. The summed E-state index contributed by atoms with van der Waals surface area (Å²) < 4.78 is 0. The largest absolute Gasteiger partial charge is 0.357 e. The van der Waals surface area contributed by atoms with E-state index in [1.54, 1.807) is 13.1 Å². The van der Waals surface area contributed by atoms with Crippen LogP contribution in [0.25, 0.3) is 0 Å². The molecule has 7 heteroatoms. The van der Waals surface area contributed by atoms with Crippen molar-refractivity contribution in [1.82, 2.24) is 4.98 Å². The number of rotatable bonds is 3. The van der Waals surface area contributed by atoms with Gasteiger partial charge in [0.25, 0.3) is 0 Å². The van der Waals surface area contributed by atoms with Gasteiger partial charge in [0.05, 0.1) is 17.9 Å². The molecule has 1 aromatic rings. The quantitative estimate of drug-likeness (QED) is 0.895. The number of carbonyl (C=O) groups excluding carboxylic acids is 1. The number of piperidine rings is 1. The molecule has 1 aromatic heterocycles. The molecule has 0 saturated carbocycles. The average Bonchev–Trinajstić information content (AvgIpc) is 2.40. The van der Waals surface area contributed by atoms with Gasteiger partial charge < -0.3 is 16.0 Å². The zero-order chi connectivity index (χ0) is 13.0. The Labute approximate surface area is 132 Å². The van der Waals surface area contributed by atoms with E-state index in [-0.39, 0.29) is 30.7 Å². The van der Waals surface area contributed by atoms with Crippen LogP contribution in [-0.4, -0.2) is 30.0 Å². The topological polar surface area (TPSA) is 71.2 Å². The lowest BCUT2D eigenvalue weighted by Crippen LogP contribution is -2.32. The molecule has 0 bridgehead atoms. The van der Waals surface area contributed by atoms with E-state index >= 15 is 0 Å². The Balaban J connectivity index is 0.00000180. The molecule has 20 heavy (non-hydrogen) atoms. The summed E-state index contributed by atoms with van der Waals surface area (Å²) >= 11 is 0. The van der Waals surface area contributed by atoms with Crippen LogP contribution in [0.5, 0.6) is 0 Å². The minimum absolute atomic E-state index is 0. The summed E-state index contributed by atoms with van der Waals surface area (Å²) in [5.74, 6) is 0.788. The first kappa shape index (κ1) is 19.0. The molecule has 1 aliphatic heterocycles. The molecule has 0 aromatic carbocycles. The van der Waals surface area contributed by atoms with Gasteiger partial charge in [-0.05, 0) is 38.3 Å². The van der Waals surface area contributed by atoms with Crippen molar-refractivity contribution in [2.45, 2.75) is 32.2 Å². The second kappa shape index (κ2) is 9.00. The molecular formula is C13H22Cl2N4O. The van der Waals surface area contributed by atoms with E-state index in [1.165, 1.54) is 19.3 Å². The van der Waals surface area contributed by atoms with E-state index in [1.807, 2.05) is 12.1 Å². The van der Waals surface area contributed by atoms with Crippen molar-refractivity contribution in [3.8, 4) is 0 Å². The van der Waals surface area contributed by atoms with Crippen molar-refractivity contribution in [2.24, 2.45) is 5.73 Å². The highest BCUT2D eigenvalue weighted by Crippen LogP contribution is 2.18. The molecule has 3 N–H and O–H groups in total. The molecule has 1 atom stereocenters. The van der Waals surface area contributed by atoms with Gasteiger partial charge in [-0.1, -0.05) is 0 Å². The number of nitrogens with one attached hydrogen (secondary N) is 1. The highest BCUT2D eigenvalue weighted by Gasteiger charge is 2.12. The molecule has 1 saturated heterocycles. The Kier molecular flexibility index (Phi) is 8.53. The van der Waals surface area contributed by atoms with Crippen molar-refractivity contribution < 1.29 is 4.79 Å². The molecule has 0 unspecified atom stereocenters. The second-order valence-electron chi connectivity index (χ2n) is 4.73. The summed E-state index contributed by atoms with van der Waals surface area (Å²) in [5, 5.41) is 2.73. The number of nitrogens with zero attached hydrogens (tertiary/aromatic N) is 2. The summed E-state index contributed by atoms with van der Waals surface area (Å²) in [6, 6.07) is 3.31. The van der Waals surface area contributed by atoms with E-state index in [0.29, 0.717) is 5.69 Å². The Morgan fingerprint density at radius 1 is 1.30 bits per heavy atom. The fourth-order valence-corrected chi connectivity index (χ4v) is 2.03. The molecule has 5 nitrogen and oxygen atoms in total. The molecule has 1 aliphatic rings. The summed E-state index contributed by atoms with van der Waals surface area (Å²) in [7, 11) is 0. The molecule has 2 heterocycles. The van der Waals surface area contributed by atoms with Crippen molar-refractivity contribution in [1.29, 1.82) is 0 Å². The van der Waals surface area contributed by atoms with E-state index < -0.39 is 6.04 Å². The SMILES string of the molecule is C[C@@H](N)C(=O)Nc1ccc(N2CCCCC2)nc1.Cl.Cl. The monoisotopic (exact) mass is 320 g/mol. The number of nitrogens with two attached hydrogens (primary N) is 1. The van der Waals surface area contributed by atoms with Gasteiger partial charge >= 0.3 is 0 Å². The Hall–Kier alpha value is -1.04. The highest BCUT2D eigenvalue weighted by molar-refractivity contribution is 5.94. The lowest BCUT2D eigenvalue weighted by atomic mass is 10.1. The van der Waals surface area contributed by atoms with Crippen LogP contribution in [0, 0.1) is 0 Å². The number of hydrogen-bond donors (Lipinski definition) is 2. The third-order valence-corrected chi connectivity index (χ3v) is 3.11. The first-order chi connectivity index (χ1) is 8.66. The fourth-order valence-electron chi connectivity index (χ4n) is 2.03. The predicted octanol–water partition coefficient (Wildman–Crippen LogP) is 2.20. The van der Waals surface area contributed by atoms with E-state index in [0.717, 1.165) is 18.9 Å². The Morgan fingerprint density at radius 2 is 1.95 bits per heavy atom. The van der Waals surface area contributed by atoms with E-state index in [2.05, 4.69) is 15.2 Å². The maximum Gasteiger partial charge on any atom is 0.241 e. The van der Waals surface area contributed by atoms with Gasteiger partial charge in [-0.3, -0.25) is 4.79 Å². The van der Waals surface area contributed by atoms with Gasteiger partial charge in [-0.2, -0.15) is 0 Å². The van der Waals surface area contributed by atoms with Gasteiger partial charge in [0.15, 0.2) is 0 Å². The molecule has 114 valence electrons. The Bertz CT molecular complexity index is 405. The molecule has 0 radical (unpaired) electrons. The summed E-state index contributed by atoms with van der Waals surface area (Å²) in [6.07, 6.45) is 5.44. The average molecular weight is 321 g/mol.